The zero-order valence-corrected chi connectivity index (χ0v) is 44.7. The maximum absolute atomic E-state index is 2.75. The Morgan fingerprint density at radius 3 is 1.27 bits per heavy atom. The Morgan fingerprint density at radius 2 is 0.770 bits per heavy atom. The third-order valence-electron chi connectivity index (χ3n) is 19.8. The van der Waals surface area contributed by atoms with Crippen LogP contribution in [0.5, 0.6) is 0 Å². The Hall–Kier alpha value is -7.16. The van der Waals surface area contributed by atoms with Crippen molar-refractivity contribution in [3.63, 3.8) is 0 Å². The van der Waals surface area contributed by atoms with E-state index in [2.05, 4.69) is 235 Å². The van der Waals surface area contributed by atoms with E-state index in [1.807, 2.05) is 0 Å². The third kappa shape index (κ3) is 6.30. The van der Waals surface area contributed by atoms with Gasteiger partial charge in [-0.25, -0.2) is 0 Å². The molecule has 0 radical (unpaired) electrons. The van der Waals surface area contributed by atoms with Crippen LogP contribution in [0.2, 0.25) is 0 Å². The summed E-state index contributed by atoms with van der Waals surface area (Å²) in [5.74, 6) is 0. The monoisotopic (exact) mass is 961 g/mol. The molecule has 14 rings (SSSR count). The SMILES string of the molecule is Cc1cc(C)cc(N2c3ccc(-c4c5ccccc5c(-c5ccc6c(c5)C5(C)CCCCC5(C)N6c5cc(C)cc(C)c5)c5cc6c(cc45)c(-c4ccccc4)cc4ccccc46)cc3C3(C)CCCCC23C)c1. The van der Waals surface area contributed by atoms with E-state index in [0.717, 1.165) is 0 Å². The summed E-state index contributed by atoms with van der Waals surface area (Å²) in [7, 11) is 0. The Balaban J connectivity index is 1.08. The van der Waals surface area contributed by atoms with E-state index in [9.17, 15) is 0 Å². The largest absolute Gasteiger partial charge is 0.334 e. The lowest BCUT2D eigenvalue weighted by Crippen LogP contribution is -2.54. The van der Waals surface area contributed by atoms with Gasteiger partial charge >= 0.3 is 0 Å². The van der Waals surface area contributed by atoms with Gasteiger partial charge in [0.25, 0.3) is 0 Å². The zero-order chi connectivity index (χ0) is 50.5. The van der Waals surface area contributed by atoms with Crippen molar-refractivity contribution < 1.29 is 0 Å². The normalized spacial score (nSPS) is 23.1. The molecular formula is C72H68N2. The van der Waals surface area contributed by atoms with Crippen molar-refractivity contribution in [3.8, 4) is 33.4 Å². The topological polar surface area (TPSA) is 6.48 Å². The number of nitrogens with zero attached hydrogens (tertiary/aromatic N) is 2. The van der Waals surface area contributed by atoms with Gasteiger partial charge in [0.1, 0.15) is 0 Å². The molecule has 0 amide bonds. The molecular weight excluding hydrogens is 893 g/mol. The lowest BCUT2D eigenvalue weighted by Gasteiger charge is -2.50. The van der Waals surface area contributed by atoms with Crippen molar-refractivity contribution in [1.82, 2.24) is 0 Å². The third-order valence-corrected chi connectivity index (χ3v) is 19.8. The maximum Gasteiger partial charge on any atom is 0.0517 e. The molecule has 10 aromatic carbocycles. The fourth-order valence-corrected chi connectivity index (χ4v) is 16.0. The number of benzene rings is 10. The molecule has 0 saturated heterocycles. The van der Waals surface area contributed by atoms with Crippen molar-refractivity contribution in [2.45, 2.75) is 129 Å². The highest BCUT2D eigenvalue weighted by molar-refractivity contribution is 6.27. The van der Waals surface area contributed by atoms with Gasteiger partial charge in [-0.15, -0.1) is 0 Å². The van der Waals surface area contributed by atoms with Crippen molar-refractivity contribution in [3.05, 3.63) is 203 Å². The molecule has 10 aromatic rings. The van der Waals surface area contributed by atoms with Crippen molar-refractivity contribution in [2.24, 2.45) is 0 Å². The number of hydrogen-bond acceptors (Lipinski definition) is 2. The fraction of sp³-hybridized carbons (Fsp3) is 0.278. The lowest BCUT2D eigenvalue weighted by molar-refractivity contribution is 0.195. The number of anilines is 4. The Bertz CT molecular complexity index is 3950. The van der Waals surface area contributed by atoms with Gasteiger partial charge in [-0.3, -0.25) is 0 Å². The maximum atomic E-state index is 2.75. The minimum Gasteiger partial charge on any atom is -0.334 e. The first kappa shape index (κ1) is 45.5. The summed E-state index contributed by atoms with van der Waals surface area (Å²) in [6, 6.07) is 66.7. The molecule has 4 unspecified atom stereocenters. The summed E-state index contributed by atoms with van der Waals surface area (Å²) in [5, 5.41) is 10.4. The van der Waals surface area contributed by atoms with E-state index in [1.54, 1.807) is 0 Å². The molecule has 2 nitrogen and oxygen atoms in total. The van der Waals surface area contributed by atoms with Crippen LogP contribution in [0, 0.1) is 27.7 Å². The zero-order valence-electron chi connectivity index (χ0n) is 44.7. The Morgan fingerprint density at radius 1 is 0.338 bits per heavy atom. The van der Waals surface area contributed by atoms with Gasteiger partial charge in [-0.1, -0.05) is 143 Å². The minimum atomic E-state index is -0.0470. The summed E-state index contributed by atoms with van der Waals surface area (Å²) in [6.45, 7) is 19.3. The molecule has 0 spiro atoms. The van der Waals surface area contributed by atoms with Crippen LogP contribution in [0.1, 0.15) is 112 Å². The molecule has 74 heavy (non-hydrogen) atoms. The van der Waals surface area contributed by atoms with Gasteiger partial charge in [0.15, 0.2) is 0 Å². The smallest absolute Gasteiger partial charge is 0.0517 e. The van der Waals surface area contributed by atoms with E-state index >= 15 is 0 Å². The van der Waals surface area contributed by atoms with Gasteiger partial charge < -0.3 is 9.80 Å². The molecule has 0 N–H and O–H groups in total. The molecule has 2 heterocycles. The van der Waals surface area contributed by atoms with E-state index in [-0.39, 0.29) is 21.9 Å². The van der Waals surface area contributed by atoms with Crippen LogP contribution in [0.4, 0.5) is 22.7 Å². The lowest BCUT2D eigenvalue weighted by atomic mass is 9.61. The van der Waals surface area contributed by atoms with E-state index < -0.39 is 0 Å². The van der Waals surface area contributed by atoms with Gasteiger partial charge in [-0.05, 0) is 244 Å². The molecule has 2 fully saturated rings. The van der Waals surface area contributed by atoms with E-state index in [0.29, 0.717) is 0 Å². The highest BCUT2D eigenvalue weighted by Gasteiger charge is 2.59. The molecule has 2 heteroatoms. The van der Waals surface area contributed by atoms with Crippen molar-refractivity contribution in [2.75, 3.05) is 9.80 Å². The predicted molar refractivity (Wildman–Crippen MR) is 317 cm³/mol. The molecule has 366 valence electrons. The first-order valence-electron chi connectivity index (χ1n) is 27.7. The summed E-state index contributed by atoms with van der Waals surface area (Å²) in [6.07, 6.45) is 9.70. The Labute approximate surface area is 438 Å². The average molecular weight is 961 g/mol. The molecule has 4 atom stereocenters. The molecule has 0 bridgehead atoms. The van der Waals surface area contributed by atoms with Gasteiger partial charge in [0, 0.05) is 33.6 Å². The molecule has 0 aromatic heterocycles. The molecule has 2 aliphatic carbocycles. The average Bonchev–Trinajstić information content (AvgIpc) is 3.77. The molecule has 2 saturated carbocycles. The molecule has 2 aliphatic heterocycles. The van der Waals surface area contributed by atoms with Crippen LogP contribution in [0.3, 0.4) is 0 Å². The van der Waals surface area contributed by atoms with Crippen LogP contribution in [0.25, 0.3) is 76.5 Å². The quantitative estimate of drug-likeness (QED) is 0.125. The van der Waals surface area contributed by atoms with E-state index in [1.165, 1.54) is 184 Å². The summed E-state index contributed by atoms with van der Waals surface area (Å²) >= 11 is 0. The highest BCUT2D eigenvalue weighted by atomic mass is 15.3. The second kappa shape index (κ2) is 16.2. The standard InChI is InChI=1S/C72H68N2/c1-45-34-46(2)37-53(36-45)73-65-28-26-51(41-63(65)69(5)30-16-18-32-71(69,73)7)67-56-24-14-15-25-57(56)68(62-44-60-58(49-20-10-9-11-21-49)40-50-22-12-13-23-55(50)59(60)43-61(62)67)52-27-29-66-64(42-52)70(6)31-17-19-33-72(70,8)74(66)54-38-47(3)35-48(4)39-54/h9-15,20-29,34-44H,16-19,30-33H2,1-8H3. The summed E-state index contributed by atoms with van der Waals surface area (Å²) in [5.41, 5.74) is 21.3. The van der Waals surface area contributed by atoms with Crippen LogP contribution in [-0.2, 0) is 10.8 Å². The fourth-order valence-electron chi connectivity index (χ4n) is 16.0. The van der Waals surface area contributed by atoms with Crippen LogP contribution >= 0.6 is 0 Å². The number of rotatable bonds is 5. The van der Waals surface area contributed by atoms with Crippen LogP contribution < -0.4 is 9.80 Å². The van der Waals surface area contributed by atoms with Gasteiger partial charge in [0.2, 0.25) is 0 Å². The summed E-state index contributed by atoms with van der Waals surface area (Å²) in [4.78, 5) is 5.50. The van der Waals surface area contributed by atoms with Crippen molar-refractivity contribution >= 4 is 65.8 Å². The first-order chi connectivity index (χ1) is 35.8. The first-order valence-corrected chi connectivity index (χ1v) is 27.7. The predicted octanol–water partition coefficient (Wildman–Crippen LogP) is 20.0. The second-order valence-electron chi connectivity index (χ2n) is 24.2. The highest BCUT2D eigenvalue weighted by Crippen LogP contribution is 2.64. The number of fused-ring (bicyclic) bond motifs is 11. The van der Waals surface area contributed by atoms with Crippen LogP contribution in [0.15, 0.2) is 170 Å². The van der Waals surface area contributed by atoms with Crippen molar-refractivity contribution in [1.29, 1.82) is 0 Å². The van der Waals surface area contributed by atoms with Gasteiger partial charge in [0.05, 0.1) is 11.1 Å². The van der Waals surface area contributed by atoms with E-state index in [4.69, 9.17) is 0 Å². The van der Waals surface area contributed by atoms with Gasteiger partial charge in [-0.2, -0.15) is 0 Å². The number of aryl methyl sites for hydroxylation is 4. The minimum absolute atomic E-state index is 0.0214. The van der Waals surface area contributed by atoms with Crippen LogP contribution in [-0.4, -0.2) is 11.1 Å². The summed E-state index contributed by atoms with van der Waals surface area (Å²) < 4.78 is 0. The number of hydrogen-bond donors (Lipinski definition) is 0. The second-order valence-corrected chi connectivity index (χ2v) is 24.2. The molecule has 4 aliphatic rings. The Kier molecular flexibility index (Phi) is 9.93.